The molecule has 7 nitrogen and oxygen atoms in total. The summed E-state index contributed by atoms with van der Waals surface area (Å²) in [6.45, 7) is 6.38. The lowest BCUT2D eigenvalue weighted by Gasteiger charge is -2.15. The number of carbonyl (C=O) groups is 1. The van der Waals surface area contributed by atoms with E-state index in [9.17, 15) is 4.79 Å². The minimum atomic E-state index is -0.188. The summed E-state index contributed by atoms with van der Waals surface area (Å²) >= 11 is 0. The highest BCUT2D eigenvalue weighted by atomic mass is 16.2. The molecule has 0 radical (unpaired) electrons. The van der Waals surface area contributed by atoms with E-state index in [-0.39, 0.29) is 12.1 Å². The van der Waals surface area contributed by atoms with Crippen molar-refractivity contribution in [3.63, 3.8) is 0 Å². The van der Waals surface area contributed by atoms with Gasteiger partial charge in [0, 0.05) is 11.7 Å². The molecule has 1 aromatic carbocycles. The number of nitrogens with one attached hydrogen (secondary N) is 2. The maximum absolute atomic E-state index is 11.9. The topological polar surface area (TPSA) is 84.7 Å². The summed E-state index contributed by atoms with van der Waals surface area (Å²) in [4.78, 5) is 11.9. The van der Waals surface area contributed by atoms with Crippen LogP contribution in [0.1, 0.15) is 33.6 Å². The standard InChI is InChI=1S/C15H22N6O/c1-11(2)4-5-12(3)17-15(22)18-13-6-8-14(9-7-13)21-10-16-19-20-21/h6-12H,4-5H2,1-3H3,(H2,17,18,22)/t12-/m0/s1. The minimum Gasteiger partial charge on any atom is -0.335 e. The van der Waals surface area contributed by atoms with E-state index >= 15 is 0 Å². The Kier molecular flexibility index (Phi) is 5.46. The van der Waals surface area contributed by atoms with E-state index in [1.807, 2.05) is 31.2 Å². The van der Waals surface area contributed by atoms with Gasteiger partial charge in [-0.15, -0.1) is 5.10 Å². The van der Waals surface area contributed by atoms with Gasteiger partial charge in [-0.1, -0.05) is 13.8 Å². The molecule has 2 rings (SSSR count). The maximum Gasteiger partial charge on any atom is 0.319 e. The van der Waals surface area contributed by atoms with Gasteiger partial charge in [0.2, 0.25) is 0 Å². The number of urea groups is 1. The van der Waals surface area contributed by atoms with Crippen molar-refractivity contribution in [3.8, 4) is 5.69 Å². The molecule has 0 saturated heterocycles. The van der Waals surface area contributed by atoms with E-state index in [1.165, 1.54) is 6.33 Å². The molecule has 1 atom stereocenters. The van der Waals surface area contributed by atoms with Crippen LogP contribution in [-0.4, -0.2) is 32.3 Å². The number of hydrogen-bond donors (Lipinski definition) is 2. The van der Waals surface area contributed by atoms with Crippen LogP contribution in [0.5, 0.6) is 0 Å². The fraction of sp³-hybridized carbons (Fsp3) is 0.467. The molecule has 0 aliphatic carbocycles. The molecule has 118 valence electrons. The van der Waals surface area contributed by atoms with Crippen LogP contribution in [-0.2, 0) is 0 Å². The van der Waals surface area contributed by atoms with Crippen LogP contribution < -0.4 is 10.6 Å². The zero-order chi connectivity index (χ0) is 15.9. The third-order valence-corrected chi connectivity index (χ3v) is 3.29. The number of amides is 2. The highest BCUT2D eigenvalue weighted by Gasteiger charge is 2.08. The summed E-state index contributed by atoms with van der Waals surface area (Å²) in [5.74, 6) is 0.645. The van der Waals surface area contributed by atoms with E-state index in [0.29, 0.717) is 5.92 Å². The van der Waals surface area contributed by atoms with Crippen molar-refractivity contribution in [3.05, 3.63) is 30.6 Å². The van der Waals surface area contributed by atoms with Crippen molar-refractivity contribution >= 4 is 11.7 Å². The van der Waals surface area contributed by atoms with Crippen LogP contribution in [0, 0.1) is 5.92 Å². The average Bonchev–Trinajstić information content (AvgIpc) is 3.00. The zero-order valence-corrected chi connectivity index (χ0v) is 13.2. The van der Waals surface area contributed by atoms with Gasteiger partial charge in [-0.2, -0.15) is 0 Å². The lowest BCUT2D eigenvalue weighted by atomic mass is 10.0. The van der Waals surface area contributed by atoms with E-state index in [0.717, 1.165) is 24.2 Å². The zero-order valence-electron chi connectivity index (χ0n) is 13.2. The van der Waals surface area contributed by atoms with Gasteiger partial charge >= 0.3 is 6.03 Å². The minimum absolute atomic E-state index is 0.155. The SMILES string of the molecule is CC(C)CC[C@H](C)NC(=O)Nc1ccc(-n2cnnn2)cc1. The molecule has 1 aromatic heterocycles. The van der Waals surface area contributed by atoms with Gasteiger partial charge in [-0.3, -0.25) is 0 Å². The Morgan fingerprint density at radius 3 is 2.50 bits per heavy atom. The Hall–Kier alpha value is -2.44. The van der Waals surface area contributed by atoms with E-state index in [1.54, 1.807) is 4.68 Å². The summed E-state index contributed by atoms with van der Waals surface area (Å²) in [6, 6.07) is 7.28. The van der Waals surface area contributed by atoms with Crippen LogP contribution in [0.4, 0.5) is 10.5 Å². The summed E-state index contributed by atoms with van der Waals surface area (Å²) in [5, 5.41) is 16.7. The molecule has 2 N–H and O–H groups in total. The smallest absolute Gasteiger partial charge is 0.319 e. The second-order valence-electron chi connectivity index (χ2n) is 5.77. The first-order chi connectivity index (χ1) is 10.5. The number of carbonyl (C=O) groups excluding carboxylic acids is 1. The Morgan fingerprint density at radius 1 is 1.18 bits per heavy atom. The molecule has 0 unspecified atom stereocenters. The van der Waals surface area contributed by atoms with Gasteiger partial charge in [0.1, 0.15) is 6.33 Å². The number of nitrogens with zero attached hydrogens (tertiary/aromatic N) is 4. The lowest BCUT2D eigenvalue weighted by Crippen LogP contribution is -2.36. The Bertz CT molecular complexity index is 579. The van der Waals surface area contributed by atoms with Crippen molar-refractivity contribution in [2.45, 2.75) is 39.7 Å². The largest absolute Gasteiger partial charge is 0.335 e. The van der Waals surface area contributed by atoms with Crippen LogP contribution >= 0.6 is 0 Å². The Balaban J connectivity index is 1.84. The first kappa shape index (κ1) is 15.9. The third-order valence-electron chi connectivity index (χ3n) is 3.29. The van der Waals surface area contributed by atoms with Gasteiger partial charge in [-0.05, 0) is 60.4 Å². The molecule has 0 fully saturated rings. The van der Waals surface area contributed by atoms with Gasteiger partial charge in [0.05, 0.1) is 5.69 Å². The van der Waals surface area contributed by atoms with E-state index < -0.39 is 0 Å². The number of anilines is 1. The highest BCUT2D eigenvalue weighted by molar-refractivity contribution is 5.89. The monoisotopic (exact) mass is 302 g/mol. The molecule has 1 heterocycles. The third kappa shape index (κ3) is 4.83. The molecule has 0 bridgehead atoms. The second kappa shape index (κ2) is 7.53. The molecule has 2 amide bonds. The first-order valence-corrected chi connectivity index (χ1v) is 7.45. The molecule has 0 aliphatic rings. The quantitative estimate of drug-likeness (QED) is 0.859. The van der Waals surface area contributed by atoms with Crippen molar-refractivity contribution in [1.29, 1.82) is 0 Å². The number of tetrazole rings is 1. The normalized spacial score (nSPS) is 12.2. The Morgan fingerprint density at radius 2 is 1.91 bits per heavy atom. The number of aromatic nitrogens is 4. The summed E-state index contributed by atoms with van der Waals surface area (Å²) < 4.78 is 1.55. The fourth-order valence-electron chi connectivity index (χ4n) is 2.02. The molecule has 2 aromatic rings. The summed E-state index contributed by atoms with van der Waals surface area (Å²) in [6.07, 6.45) is 3.59. The number of rotatable bonds is 6. The summed E-state index contributed by atoms with van der Waals surface area (Å²) in [7, 11) is 0. The molecular formula is C15H22N6O. The van der Waals surface area contributed by atoms with Crippen molar-refractivity contribution < 1.29 is 4.79 Å². The van der Waals surface area contributed by atoms with E-state index in [2.05, 4.69) is 40.0 Å². The molecule has 0 aliphatic heterocycles. The predicted octanol–water partition coefficient (Wildman–Crippen LogP) is 2.61. The fourth-order valence-corrected chi connectivity index (χ4v) is 2.02. The average molecular weight is 302 g/mol. The highest BCUT2D eigenvalue weighted by Crippen LogP contribution is 2.12. The lowest BCUT2D eigenvalue weighted by molar-refractivity contribution is 0.248. The molecular weight excluding hydrogens is 280 g/mol. The molecule has 7 heteroatoms. The molecule has 0 spiro atoms. The van der Waals surface area contributed by atoms with Gasteiger partial charge in [0.25, 0.3) is 0 Å². The van der Waals surface area contributed by atoms with E-state index in [4.69, 9.17) is 0 Å². The van der Waals surface area contributed by atoms with Crippen LogP contribution in [0.25, 0.3) is 5.69 Å². The van der Waals surface area contributed by atoms with Crippen LogP contribution in [0.2, 0.25) is 0 Å². The van der Waals surface area contributed by atoms with Gasteiger partial charge in [-0.25, -0.2) is 9.48 Å². The maximum atomic E-state index is 11.9. The number of hydrogen-bond acceptors (Lipinski definition) is 4. The van der Waals surface area contributed by atoms with Crippen LogP contribution in [0.3, 0.4) is 0 Å². The van der Waals surface area contributed by atoms with Crippen molar-refractivity contribution in [2.24, 2.45) is 5.92 Å². The Labute approximate surface area is 130 Å². The number of benzene rings is 1. The predicted molar refractivity (Wildman–Crippen MR) is 84.8 cm³/mol. The van der Waals surface area contributed by atoms with Crippen LogP contribution in [0.15, 0.2) is 30.6 Å². The van der Waals surface area contributed by atoms with Gasteiger partial charge < -0.3 is 10.6 Å². The van der Waals surface area contributed by atoms with Crippen molar-refractivity contribution in [1.82, 2.24) is 25.5 Å². The molecule has 0 saturated carbocycles. The van der Waals surface area contributed by atoms with Crippen molar-refractivity contribution in [2.75, 3.05) is 5.32 Å². The second-order valence-corrected chi connectivity index (χ2v) is 5.77. The first-order valence-electron chi connectivity index (χ1n) is 7.45. The summed E-state index contributed by atoms with van der Waals surface area (Å²) in [5.41, 5.74) is 1.56. The molecule has 22 heavy (non-hydrogen) atoms. The van der Waals surface area contributed by atoms with Gasteiger partial charge in [0.15, 0.2) is 0 Å².